The molecule has 0 aliphatic carbocycles. The first-order chi connectivity index (χ1) is 12.5. The van der Waals surface area contributed by atoms with Gasteiger partial charge in [-0.05, 0) is 31.5 Å². The van der Waals surface area contributed by atoms with Gasteiger partial charge in [-0.25, -0.2) is 18.7 Å². The molecule has 0 unspecified atom stereocenters. The number of hydrogen-bond donors (Lipinski definition) is 1. The molecule has 26 heavy (non-hydrogen) atoms. The summed E-state index contributed by atoms with van der Waals surface area (Å²) >= 11 is 0. The van der Waals surface area contributed by atoms with Crippen molar-refractivity contribution in [1.29, 1.82) is 0 Å². The second-order valence-electron chi connectivity index (χ2n) is 6.19. The van der Waals surface area contributed by atoms with Crippen LogP contribution in [0.3, 0.4) is 0 Å². The van der Waals surface area contributed by atoms with Gasteiger partial charge in [-0.2, -0.15) is 0 Å². The van der Waals surface area contributed by atoms with Crippen LogP contribution in [0.25, 0.3) is 0 Å². The third-order valence-corrected chi connectivity index (χ3v) is 3.98. The smallest absolute Gasteiger partial charge is 0.149 e. The Labute approximate surface area is 151 Å². The Kier molecular flexibility index (Phi) is 5.41. The van der Waals surface area contributed by atoms with Crippen molar-refractivity contribution in [2.45, 2.75) is 26.4 Å². The summed E-state index contributed by atoms with van der Waals surface area (Å²) < 4.78 is 27.7. The van der Waals surface area contributed by atoms with Gasteiger partial charge in [0.2, 0.25) is 0 Å². The monoisotopic (exact) mass is 354 g/mol. The molecule has 0 atom stereocenters. The Hall–Kier alpha value is -3.02. The van der Waals surface area contributed by atoms with Gasteiger partial charge >= 0.3 is 0 Å². The maximum atomic E-state index is 13.9. The van der Waals surface area contributed by atoms with E-state index in [0.717, 1.165) is 5.56 Å². The molecule has 134 valence electrons. The molecule has 0 radical (unpaired) electrons. The Morgan fingerprint density at radius 3 is 2.31 bits per heavy atom. The average molecular weight is 354 g/mol. The Balaban J connectivity index is 1.87. The van der Waals surface area contributed by atoms with Gasteiger partial charge in [0.1, 0.15) is 35.3 Å². The number of aromatic nitrogens is 2. The first kappa shape index (κ1) is 17.8. The van der Waals surface area contributed by atoms with Crippen molar-refractivity contribution in [3.8, 4) is 0 Å². The van der Waals surface area contributed by atoms with Crippen molar-refractivity contribution in [1.82, 2.24) is 9.97 Å². The molecule has 6 heteroatoms. The van der Waals surface area contributed by atoms with Crippen molar-refractivity contribution >= 4 is 17.3 Å². The van der Waals surface area contributed by atoms with E-state index in [4.69, 9.17) is 0 Å². The first-order valence-corrected chi connectivity index (χ1v) is 8.38. The van der Waals surface area contributed by atoms with Gasteiger partial charge in [0.25, 0.3) is 0 Å². The van der Waals surface area contributed by atoms with E-state index in [-0.39, 0.29) is 11.7 Å². The highest BCUT2D eigenvalue weighted by Gasteiger charge is 2.15. The van der Waals surface area contributed by atoms with E-state index >= 15 is 0 Å². The summed E-state index contributed by atoms with van der Waals surface area (Å²) in [4.78, 5) is 10.5. The van der Waals surface area contributed by atoms with Crippen LogP contribution in [0.4, 0.5) is 26.1 Å². The second-order valence-corrected chi connectivity index (χ2v) is 6.19. The summed E-state index contributed by atoms with van der Waals surface area (Å²) in [6.45, 7) is 4.80. The van der Waals surface area contributed by atoms with Gasteiger partial charge in [0.05, 0.1) is 0 Å². The summed E-state index contributed by atoms with van der Waals surface area (Å²) in [5.41, 5.74) is 0.922. The van der Waals surface area contributed by atoms with E-state index in [2.05, 4.69) is 34.0 Å². The highest BCUT2D eigenvalue weighted by Crippen LogP contribution is 2.25. The Morgan fingerprint density at radius 2 is 1.65 bits per heavy atom. The van der Waals surface area contributed by atoms with Gasteiger partial charge < -0.3 is 10.2 Å². The number of benzene rings is 2. The lowest BCUT2D eigenvalue weighted by atomic mass is 10.2. The minimum Gasteiger partial charge on any atom is -0.350 e. The summed E-state index contributed by atoms with van der Waals surface area (Å²) in [7, 11) is 0. The fourth-order valence-electron chi connectivity index (χ4n) is 2.63. The highest BCUT2D eigenvalue weighted by molar-refractivity contribution is 5.60. The number of rotatable bonds is 6. The zero-order chi connectivity index (χ0) is 18.5. The second kappa shape index (κ2) is 7.91. The van der Waals surface area contributed by atoms with E-state index in [0.29, 0.717) is 18.2 Å². The Morgan fingerprint density at radius 1 is 0.962 bits per heavy atom. The molecule has 3 rings (SSSR count). The first-order valence-electron chi connectivity index (χ1n) is 8.38. The molecule has 1 N–H and O–H groups in total. The maximum absolute atomic E-state index is 13.9. The fraction of sp³-hybridized carbons (Fsp3) is 0.200. The molecule has 0 bridgehead atoms. The summed E-state index contributed by atoms with van der Waals surface area (Å²) in [6, 6.07) is 15.6. The van der Waals surface area contributed by atoms with Crippen molar-refractivity contribution in [3.63, 3.8) is 0 Å². The van der Waals surface area contributed by atoms with Crippen LogP contribution >= 0.6 is 0 Å². The van der Waals surface area contributed by atoms with Crippen LogP contribution in [0.5, 0.6) is 0 Å². The van der Waals surface area contributed by atoms with Crippen LogP contribution in [0, 0.1) is 11.6 Å². The van der Waals surface area contributed by atoms with Crippen molar-refractivity contribution < 1.29 is 8.78 Å². The van der Waals surface area contributed by atoms with E-state index in [9.17, 15) is 8.78 Å². The lowest BCUT2D eigenvalue weighted by Crippen LogP contribution is -2.31. The fourth-order valence-corrected chi connectivity index (χ4v) is 2.63. The van der Waals surface area contributed by atoms with Gasteiger partial charge in [0, 0.05) is 18.7 Å². The molecule has 0 spiro atoms. The summed E-state index contributed by atoms with van der Waals surface area (Å²) in [6.07, 6.45) is 1.39. The minimum absolute atomic E-state index is 0.183. The molecule has 0 saturated heterocycles. The molecule has 2 aromatic carbocycles. The molecule has 1 heterocycles. The molecule has 0 aliphatic rings. The number of anilines is 3. The van der Waals surface area contributed by atoms with E-state index in [1.165, 1.54) is 24.5 Å². The standard InChI is InChI=1S/C20H20F2N4/c1-14(2)26(12-15-7-4-3-5-8-15)19-11-18(23-13-24-19)25-20-16(21)9-6-10-17(20)22/h3-11,13-14H,12H2,1-2H3,(H,23,24,25). The van der Waals surface area contributed by atoms with Crippen molar-refractivity contribution in [2.24, 2.45) is 0 Å². The topological polar surface area (TPSA) is 41.0 Å². The normalized spacial score (nSPS) is 10.8. The zero-order valence-corrected chi connectivity index (χ0v) is 14.7. The molecule has 0 saturated carbocycles. The summed E-state index contributed by atoms with van der Waals surface area (Å²) in [5, 5.41) is 2.71. The van der Waals surface area contributed by atoms with Gasteiger partial charge in [-0.3, -0.25) is 0 Å². The van der Waals surface area contributed by atoms with E-state index in [1.54, 1.807) is 6.07 Å². The molecule has 3 aromatic rings. The predicted octanol–water partition coefficient (Wildman–Crippen LogP) is 4.91. The number of para-hydroxylation sites is 1. The van der Waals surface area contributed by atoms with Gasteiger partial charge in [0.15, 0.2) is 0 Å². The third-order valence-electron chi connectivity index (χ3n) is 3.98. The molecule has 4 nitrogen and oxygen atoms in total. The van der Waals surface area contributed by atoms with Gasteiger partial charge in [-0.15, -0.1) is 0 Å². The number of nitrogens with zero attached hydrogens (tertiary/aromatic N) is 3. The van der Waals surface area contributed by atoms with Crippen molar-refractivity contribution in [3.05, 3.63) is 78.1 Å². The molecule has 1 aromatic heterocycles. The van der Waals surface area contributed by atoms with Gasteiger partial charge in [-0.1, -0.05) is 36.4 Å². The maximum Gasteiger partial charge on any atom is 0.149 e. The molecule has 0 aliphatic heterocycles. The van der Waals surface area contributed by atoms with Crippen LogP contribution in [-0.4, -0.2) is 16.0 Å². The molecule has 0 fully saturated rings. The quantitative estimate of drug-likeness (QED) is 0.683. The van der Waals surface area contributed by atoms with E-state index < -0.39 is 11.6 Å². The molecular formula is C20H20F2N4. The zero-order valence-electron chi connectivity index (χ0n) is 14.7. The average Bonchev–Trinajstić information content (AvgIpc) is 2.64. The number of hydrogen-bond acceptors (Lipinski definition) is 4. The Bertz CT molecular complexity index is 848. The number of halogens is 2. The highest BCUT2D eigenvalue weighted by atomic mass is 19.1. The number of nitrogens with one attached hydrogen (secondary N) is 1. The predicted molar refractivity (Wildman–Crippen MR) is 99.4 cm³/mol. The van der Waals surface area contributed by atoms with Crippen LogP contribution < -0.4 is 10.2 Å². The third kappa shape index (κ3) is 4.14. The summed E-state index contributed by atoms with van der Waals surface area (Å²) in [5.74, 6) is -0.332. The largest absolute Gasteiger partial charge is 0.350 e. The molecule has 0 amide bonds. The lowest BCUT2D eigenvalue weighted by Gasteiger charge is -2.28. The molecular weight excluding hydrogens is 334 g/mol. The SMILES string of the molecule is CC(C)N(Cc1ccccc1)c1cc(Nc2c(F)cccc2F)ncn1. The van der Waals surface area contributed by atoms with E-state index in [1.807, 2.05) is 30.3 Å². The van der Waals surface area contributed by atoms with Crippen LogP contribution in [0.2, 0.25) is 0 Å². The van der Waals surface area contributed by atoms with Crippen LogP contribution in [-0.2, 0) is 6.54 Å². The van der Waals surface area contributed by atoms with Crippen LogP contribution in [0.15, 0.2) is 60.9 Å². The lowest BCUT2D eigenvalue weighted by molar-refractivity contribution is 0.590. The van der Waals surface area contributed by atoms with Crippen molar-refractivity contribution in [2.75, 3.05) is 10.2 Å². The minimum atomic E-state index is -0.671. The van der Waals surface area contributed by atoms with Crippen LogP contribution in [0.1, 0.15) is 19.4 Å².